The van der Waals surface area contributed by atoms with E-state index in [0.717, 1.165) is 49.5 Å². The molecular weight excluding hydrogens is 368 g/mol. The first-order valence-corrected chi connectivity index (χ1v) is 10.4. The number of likely N-dealkylation sites (N-methyl/N-ethyl adjacent to an activating group) is 1. The van der Waals surface area contributed by atoms with Crippen molar-refractivity contribution in [2.24, 2.45) is 5.92 Å². The van der Waals surface area contributed by atoms with E-state index in [9.17, 15) is 9.59 Å². The number of carbonyl (C=O) groups is 2. The lowest BCUT2D eigenvalue weighted by atomic mass is 10.0. The predicted molar refractivity (Wildman–Crippen MR) is 116 cm³/mol. The number of nitrogens with one attached hydrogen (secondary N) is 2. The molecule has 1 aliphatic rings. The fourth-order valence-corrected chi connectivity index (χ4v) is 3.67. The maximum atomic E-state index is 12.5. The number of aryl methyl sites for hydroxylation is 2. The third kappa shape index (κ3) is 7.33. The van der Waals surface area contributed by atoms with Crippen LogP contribution in [-0.4, -0.2) is 74.2 Å². The lowest BCUT2D eigenvalue weighted by Crippen LogP contribution is -2.51. The Kier molecular flexibility index (Phi) is 8.92. The monoisotopic (exact) mass is 404 g/mol. The van der Waals surface area contributed by atoms with Gasteiger partial charge in [0, 0.05) is 38.4 Å². The van der Waals surface area contributed by atoms with E-state index in [4.69, 9.17) is 4.74 Å². The molecule has 0 radical (unpaired) electrons. The number of benzene rings is 1. The van der Waals surface area contributed by atoms with Crippen molar-refractivity contribution < 1.29 is 14.3 Å². The molecule has 0 unspecified atom stereocenters. The Morgan fingerprint density at radius 2 is 1.79 bits per heavy atom. The number of nitrogens with zero attached hydrogens (tertiary/aromatic N) is 2. The van der Waals surface area contributed by atoms with Crippen LogP contribution < -0.4 is 10.6 Å². The van der Waals surface area contributed by atoms with Crippen LogP contribution in [0.4, 0.5) is 10.5 Å². The van der Waals surface area contributed by atoms with Gasteiger partial charge in [0.25, 0.3) is 0 Å². The normalized spacial score (nSPS) is 15.8. The lowest BCUT2D eigenvalue weighted by molar-refractivity contribution is -0.116. The second-order valence-electron chi connectivity index (χ2n) is 8.29. The molecule has 1 heterocycles. The number of rotatable bonds is 8. The van der Waals surface area contributed by atoms with E-state index >= 15 is 0 Å². The lowest BCUT2D eigenvalue weighted by Gasteiger charge is -2.35. The van der Waals surface area contributed by atoms with Crippen molar-refractivity contribution in [2.45, 2.75) is 40.2 Å². The van der Waals surface area contributed by atoms with Crippen LogP contribution in [0.3, 0.4) is 0 Å². The summed E-state index contributed by atoms with van der Waals surface area (Å²) in [5.41, 5.74) is 2.83. The van der Waals surface area contributed by atoms with E-state index < -0.39 is 0 Å². The van der Waals surface area contributed by atoms with Crippen molar-refractivity contribution in [2.75, 3.05) is 51.8 Å². The molecule has 1 atom stereocenters. The molecule has 0 bridgehead atoms. The zero-order valence-corrected chi connectivity index (χ0v) is 18.5. The minimum Gasteiger partial charge on any atom is -0.379 e. The summed E-state index contributed by atoms with van der Waals surface area (Å²) in [5, 5.41) is 5.93. The Balaban J connectivity index is 1.85. The molecule has 29 heavy (non-hydrogen) atoms. The first-order valence-electron chi connectivity index (χ1n) is 10.4. The van der Waals surface area contributed by atoms with E-state index in [0.29, 0.717) is 12.5 Å². The second kappa shape index (κ2) is 11.2. The highest BCUT2D eigenvalue weighted by Gasteiger charge is 2.23. The minimum absolute atomic E-state index is 0.00596. The van der Waals surface area contributed by atoms with Gasteiger partial charge in [-0.3, -0.25) is 9.69 Å². The number of para-hydroxylation sites is 1. The summed E-state index contributed by atoms with van der Waals surface area (Å²) in [6.45, 7) is 12.1. The van der Waals surface area contributed by atoms with Crippen LogP contribution in [0.1, 0.15) is 31.4 Å². The highest BCUT2D eigenvalue weighted by molar-refractivity contribution is 5.95. The van der Waals surface area contributed by atoms with Gasteiger partial charge in [-0.2, -0.15) is 0 Å². The van der Waals surface area contributed by atoms with Crippen LogP contribution in [0.2, 0.25) is 0 Å². The van der Waals surface area contributed by atoms with Crippen molar-refractivity contribution in [3.8, 4) is 0 Å². The third-order valence-electron chi connectivity index (χ3n) is 5.27. The topological polar surface area (TPSA) is 73.9 Å². The molecule has 0 saturated carbocycles. The van der Waals surface area contributed by atoms with Gasteiger partial charge in [0.2, 0.25) is 5.91 Å². The van der Waals surface area contributed by atoms with Crippen molar-refractivity contribution >= 4 is 17.6 Å². The van der Waals surface area contributed by atoms with Gasteiger partial charge in [0.05, 0.1) is 13.2 Å². The highest BCUT2D eigenvalue weighted by atomic mass is 16.5. The molecule has 1 aromatic rings. The van der Waals surface area contributed by atoms with Crippen LogP contribution in [-0.2, 0) is 9.53 Å². The van der Waals surface area contributed by atoms with Gasteiger partial charge < -0.3 is 20.3 Å². The van der Waals surface area contributed by atoms with Gasteiger partial charge in [-0.25, -0.2) is 4.79 Å². The number of carbonyl (C=O) groups excluding carboxylic acids is 2. The van der Waals surface area contributed by atoms with E-state index in [1.165, 1.54) is 4.90 Å². The number of urea groups is 1. The SMILES string of the molecule is Cc1cccc(C)c1NC(=O)CN(C)C(=O)NC[C@H](CC(C)C)N1CCOCC1. The van der Waals surface area contributed by atoms with Crippen molar-refractivity contribution in [1.82, 2.24) is 15.1 Å². The molecule has 2 rings (SSSR count). The Bertz CT molecular complexity index is 666. The van der Waals surface area contributed by atoms with Crippen LogP contribution in [0, 0.1) is 19.8 Å². The summed E-state index contributed by atoms with van der Waals surface area (Å²) in [5.74, 6) is 0.340. The minimum atomic E-state index is -0.233. The molecule has 2 N–H and O–H groups in total. The fourth-order valence-electron chi connectivity index (χ4n) is 3.67. The molecule has 3 amide bonds. The van der Waals surface area contributed by atoms with Crippen LogP contribution >= 0.6 is 0 Å². The third-order valence-corrected chi connectivity index (χ3v) is 5.27. The Labute approximate surface area is 174 Å². The number of anilines is 1. The summed E-state index contributed by atoms with van der Waals surface area (Å²) in [7, 11) is 1.64. The number of ether oxygens (including phenoxy) is 1. The molecule has 1 saturated heterocycles. The molecule has 0 aromatic heterocycles. The maximum absolute atomic E-state index is 12.5. The first-order chi connectivity index (χ1) is 13.8. The fraction of sp³-hybridized carbons (Fsp3) is 0.636. The number of amides is 3. The molecule has 1 fully saturated rings. The van der Waals surface area contributed by atoms with Crippen molar-refractivity contribution in [3.63, 3.8) is 0 Å². The van der Waals surface area contributed by atoms with E-state index in [-0.39, 0.29) is 24.5 Å². The van der Waals surface area contributed by atoms with Crippen LogP contribution in [0.5, 0.6) is 0 Å². The van der Waals surface area contributed by atoms with Crippen LogP contribution in [0.15, 0.2) is 18.2 Å². The van der Waals surface area contributed by atoms with Gasteiger partial charge in [-0.15, -0.1) is 0 Å². The van der Waals surface area contributed by atoms with E-state index in [1.807, 2.05) is 32.0 Å². The Morgan fingerprint density at radius 3 is 2.38 bits per heavy atom. The molecule has 1 aliphatic heterocycles. The molecule has 1 aromatic carbocycles. The number of morpholine rings is 1. The highest BCUT2D eigenvalue weighted by Crippen LogP contribution is 2.19. The average Bonchev–Trinajstić information content (AvgIpc) is 2.68. The maximum Gasteiger partial charge on any atom is 0.317 e. The quantitative estimate of drug-likeness (QED) is 0.699. The standard InChI is InChI=1S/C22H36N4O3/c1-16(2)13-19(26-9-11-29-12-10-26)14-23-22(28)25(5)15-20(27)24-21-17(3)7-6-8-18(21)4/h6-8,16,19H,9-15H2,1-5H3,(H,23,28)(H,24,27)/t19-/m0/s1. The number of hydrogen-bond acceptors (Lipinski definition) is 4. The molecule has 162 valence electrons. The van der Waals surface area contributed by atoms with E-state index in [2.05, 4.69) is 29.4 Å². The van der Waals surface area contributed by atoms with Gasteiger partial charge >= 0.3 is 6.03 Å². The summed E-state index contributed by atoms with van der Waals surface area (Å²) in [6, 6.07) is 5.92. The molecule has 7 heteroatoms. The number of hydrogen-bond donors (Lipinski definition) is 2. The zero-order valence-electron chi connectivity index (χ0n) is 18.5. The first kappa shape index (κ1) is 23.2. The Hall–Kier alpha value is -2.12. The van der Waals surface area contributed by atoms with Crippen molar-refractivity contribution in [3.05, 3.63) is 29.3 Å². The second-order valence-corrected chi connectivity index (χ2v) is 8.29. The largest absolute Gasteiger partial charge is 0.379 e. The molecule has 0 aliphatic carbocycles. The summed E-state index contributed by atoms with van der Waals surface area (Å²) in [4.78, 5) is 28.7. The van der Waals surface area contributed by atoms with Gasteiger partial charge in [0.15, 0.2) is 0 Å². The molecule has 0 spiro atoms. The van der Waals surface area contributed by atoms with Gasteiger partial charge in [-0.05, 0) is 37.3 Å². The summed E-state index contributed by atoms with van der Waals surface area (Å²) >= 11 is 0. The Morgan fingerprint density at radius 1 is 1.17 bits per heavy atom. The summed E-state index contributed by atoms with van der Waals surface area (Å²) in [6.07, 6.45) is 1.01. The van der Waals surface area contributed by atoms with Crippen molar-refractivity contribution in [1.29, 1.82) is 0 Å². The zero-order chi connectivity index (χ0) is 21.4. The van der Waals surface area contributed by atoms with Gasteiger partial charge in [0.1, 0.15) is 6.54 Å². The van der Waals surface area contributed by atoms with Gasteiger partial charge in [-0.1, -0.05) is 32.0 Å². The smallest absolute Gasteiger partial charge is 0.317 e. The predicted octanol–water partition coefficient (Wildman–Crippen LogP) is 2.63. The molecular formula is C22H36N4O3. The van der Waals surface area contributed by atoms with E-state index in [1.54, 1.807) is 7.05 Å². The van der Waals surface area contributed by atoms with Crippen LogP contribution in [0.25, 0.3) is 0 Å². The molecule has 7 nitrogen and oxygen atoms in total. The average molecular weight is 405 g/mol. The summed E-state index contributed by atoms with van der Waals surface area (Å²) < 4.78 is 5.45.